The number of benzene rings is 1. The number of aromatic hydroxyl groups is 1. The van der Waals surface area contributed by atoms with E-state index in [1.807, 2.05) is 19.9 Å². The molecule has 88 valence electrons. The van der Waals surface area contributed by atoms with Gasteiger partial charge < -0.3 is 15.9 Å². The van der Waals surface area contributed by atoms with Crippen LogP contribution in [0.3, 0.4) is 0 Å². The van der Waals surface area contributed by atoms with Gasteiger partial charge in [0.25, 0.3) is 0 Å². The first-order chi connectivity index (χ1) is 7.34. The first-order valence-electron chi connectivity index (χ1n) is 5.11. The average Bonchev–Trinajstić information content (AvgIpc) is 2.13. The highest BCUT2D eigenvalue weighted by Crippen LogP contribution is 2.33. The van der Waals surface area contributed by atoms with Gasteiger partial charge in [-0.15, -0.1) is 0 Å². The van der Waals surface area contributed by atoms with Gasteiger partial charge in [-0.05, 0) is 37.5 Å². The van der Waals surface area contributed by atoms with Gasteiger partial charge in [0.15, 0.2) is 0 Å². The molecule has 1 aromatic carbocycles. The monoisotopic (exact) mass is 223 g/mol. The number of carboxylic acids is 1. The lowest BCUT2D eigenvalue weighted by molar-refractivity contribution is -0.137. The molecule has 0 saturated heterocycles. The van der Waals surface area contributed by atoms with Crippen LogP contribution < -0.4 is 5.73 Å². The summed E-state index contributed by atoms with van der Waals surface area (Å²) in [4.78, 5) is 10.6. The standard InChI is InChI=1S/C12H17NO3/c1-6-4-7(2)11(12(16)8(6)3)9(13)5-10(14)15/h4,9,16H,5,13H2,1-3H3,(H,14,15). The Bertz CT molecular complexity index is 427. The average molecular weight is 223 g/mol. The molecule has 1 aromatic rings. The van der Waals surface area contributed by atoms with E-state index >= 15 is 0 Å². The summed E-state index contributed by atoms with van der Waals surface area (Å²) in [6.07, 6.45) is -0.184. The van der Waals surface area contributed by atoms with Gasteiger partial charge in [0.05, 0.1) is 6.42 Å². The van der Waals surface area contributed by atoms with Crippen molar-refractivity contribution >= 4 is 5.97 Å². The number of aliphatic carboxylic acids is 1. The van der Waals surface area contributed by atoms with Crippen molar-refractivity contribution in [3.05, 3.63) is 28.3 Å². The van der Waals surface area contributed by atoms with Crippen molar-refractivity contribution in [3.8, 4) is 5.75 Å². The summed E-state index contributed by atoms with van der Waals surface area (Å²) in [6.45, 7) is 5.51. The van der Waals surface area contributed by atoms with Crippen molar-refractivity contribution in [2.24, 2.45) is 5.73 Å². The molecule has 1 unspecified atom stereocenters. The van der Waals surface area contributed by atoms with Crippen LogP contribution in [0.25, 0.3) is 0 Å². The number of nitrogens with two attached hydrogens (primary N) is 1. The summed E-state index contributed by atoms with van der Waals surface area (Å²) < 4.78 is 0. The molecule has 0 amide bonds. The molecule has 4 heteroatoms. The van der Waals surface area contributed by atoms with Gasteiger partial charge in [0.2, 0.25) is 0 Å². The molecule has 0 spiro atoms. The second kappa shape index (κ2) is 4.53. The number of hydrogen-bond acceptors (Lipinski definition) is 3. The minimum atomic E-state index is -0.968. The summed E-state index contributed by atoms with van der Waals surface area (Å²) in [5.41, 5.74) is 8.86. The third-order valence-electron chi connectivity index (χ3n) is 2.83. The molecule has 4 N–H and O–H groups in total. The van der Waals surface area contributed by atoms with Gasteiger partial charge in [0, 0.05) is 11.6 Å². The van der Waals surface area contributed by atoms with Crippen LogP contribution in [-0.2, 0) is 4.79 Å². The Kier molecular flexibility index (Phi) is 3.55. The summed E-state index contributed by atoms with van der Waals surface area (Å²) in [7, 11) is 0. The van der Waals surface area contributed by atoms with E-state index in [9.17, 15) is 9.90 Å². The number of rotatable bonds is 3. The fraction of sp³-hybridized carbons (Fsp3) is 0.417. The van der Waals surface area contributed by atoms with E-state index in [1.54, 1.807) is 6.92 Å². The maximum atomic E-state index is 10.6. The van der Waals surface area contributed by atoms with Crippen molar-refractivity contribution in [3.63, 3.8) is 0 Å². The van der Waals surface area contributed by atoms with Crippen LogP contribution in [0, 0.1) is 20.8 Å². The Labute approximate surface area is 94.7 Å². The molecule has 4 nitrogen and oxygen atoms in total. The largest absolute Gasteiger partial charge is 0.507 e. The molecule has 0 heterocycles. The van der Waals surface area contributed by atoms with E-state index in [-0.39, 0.29) is 12.2 Å². The lowest BCUT2D eigenvalue weighted by atomic mass is 9.93. The SMILES string of the molecule is Cc1cc(C)c(C(N)CC(=O)O)c(O)c1C. The molecule has 0 aliphatic rings. The Balaban J connectivity index is 3.23. The lowest BCUT2D eigenvalue weighted by Crippen LogP contribution is -2.16. The molecule has 0 radical (unpaired) electrons. The second-order valence-electron chi connectivity index (χ2n) is 4.10. The summed E-state index contributed by atoms with van der Waals surface area (Å²) >= 11 is 0. The molecule has 0 fully saturated rings. The number of phenolic OH excluding ortho intramolecular Hbond substituents is 1. The molecule has 0 aliphatic carbocycles. The van der Waals surface area contributed by atoms with Crippen LogP contribution >= 0.6 is 0 Å². The fourth-order valence-electron chi connectivity index (χ4n) is 1.84. The summed E-state index contributed by atoms with van der Waals surface area (Å²) in [5, 5.41) is 18.7. The molecule has 0 saturated carbocycles. The van der Waals surface area contributed by atoms with E-state index < -0.39 is 12.0 Å². The third-order valence-corrected chi connectivity index (χ3v) is 2.83. The minimum Gasteiger partial charge on any atom is -0.507 e. The maximum absolute atomic E-state index is 10.6. The number of carbonyl (C=O) groups is 1. The zero-order chi connectivity index (χ0) is 12.5. The van der Waals surface area contributed by atoms with Crippen molar-refractivity contribution in [2.75, 3.05) is 0 Å². The summed E-state index contributed by atoms with van der Waals surface area (Å²) in [6, 6.07) is 1.24. The highest BCUT2D eigenvalue weighted by atomic mass is 16.4. The van der Waals surface area contributed by atoms with E-state index in [0.717, 1.165) is 16.7 Å². The Hall–Kier alpha value is -1.55. The minimum absolute atomic E-state index is 0.117. The molecule has 1 atom stereocenters. The molecule has 16 heavy (non-hydrogen) atoms. The number of aryl methyl sites for hydroxylation is 2. The van der Waals surface area contributed by atoms with Crippen LogP contribution in [0.1, 0.15) is 34.7 Å². The Morgan fingerprint density at radius 1 is 1.38 bits per heavy atom. The van der Waals surface area contributed by atoms with Crippen LogP contribution in [0.4, 0.5) is 0 Å². The van der Waals surface area contributed by atoms with Crippen LogP contribution in [0.5, 0.6) is 5.75 Å². The first kappa shape index (κ1) is 12.5. The van der Waals surface area contributed by atoms with E-state index in [4.69, 9.17) is 10.8 Å². The van der Waals surface area contributed by atoms with Gasteiger partial charge in [-0.2, -0.15) is 0 Å². The van der Waals surface area contributed by atoms with E-state index in [0.29, 0.717) is 5.56 Å². The third kappa shape index (κ3) is 2.33. The number of phenols is 1. The van der Waals surface area contributed by atoms with Crippen molar-refractivity contribution in [1.29, 1.82) is 0 Å². The molecular weight excluding hydrogens is 206 g/mol. The van der Waals surface area contributed by atoms with Gasteiger partial charge in [-0.25, -0.2) is 0 Å². The van der Waals surface area contributed by atoms with Crippen LogP contribution in [0.2, 0.25) is 0 Å². The highest BCUT2D eigenvalue weighted by Gasteiger charge is 2.19. The second-order valence-corrected chi connectivity index (χ2v) is 4.10. The Morgan fingerprint density at radius 3 is 2.44 bits per heavy atom. The first-order valence-corrected chi connectivity index (χ1v) is 5.11. The number of hydrogen-bond donors (Lipinski definition) is 3. The normalized spacial score (nSPS) is 12.5. The predicted octanol–water partition coefficient (Wildman–Crippen LogP) is 1.79. The Morgan fingerprint density at radius 2 is 1.94 bits per heavy atom. The summed E-state index contributed by atoms with van der Waals surface area (Å²) in [5.74, 6) is -0.851. The predicted molar refractivity (Wildman–Crippen MR) is 61.5 cm³/mol. The number of carboxylic acid groups (broad SMARTS) is 1. The van der Waals surface area contributed by atoms with Crippen LogP contribution in [-0.4, -0.2) is 16.2 Å². The van der Waals surface area contributed by atoms with E-state index in [2.05, 4.69) is 0 Å². The zero-order valence-electron chi connectivity index (χ0n) is 9.74. The lowest BCUT2D eigenvalue weighted by Gasteiger charge is -2.17. The highest BCUT2D eigenvalue weighted by molar-refractivity contribution is 5.68. The van der Waals surface area contributed by atoms with Crippen LogP contribution in [0.15, 0.2) is 6.07 Å². The smallest absolute Gasteiger partial charge is 0.305 e. The zero-order valence-corrected chi connectivity index (χ0v) is 9.74. The molecule has 1 rings (SSSR count). The van der Waals surface area contributed by atoms with Gasteiger partial charge in [-0.3, -0.25) is 4.79 Å². The van der Waals surface area contributed by atoms with Crippen molar-refractivity contribution in [2.45, 2.75) is 33.2 Å². The molecule has 0 bridgehead atoms. The molecular formula is C12H17NO3. The van der Waals surface area contributed by atoms with Gasteiger partial charge in [0.1, 0.15) is 5.75 Å². The van der Waals surface area contributed by atoms with E-state index in [1.165, 1.54) is 0 Å². The molecule has 0 aliphatic heterocycles. The quantitative estimate of drug-likeness (QED) is 0.729. The fourth-order valence-corrected chi connectivity index (χ4v) is 1.84. The van der Waals surface area contributed by atoms with Crippen molar-refractivity contribution < 1.29 is 15.0 Å². The topological polar surface area (TPSA) is 83.6 Å². The van der Waals surface area contributed by atoms with Gasteiger partial charge in [-0.1, -0.05) is 6.07 Å². The van der Waals surface area contributed by atoms with Crippen molar-refractivity contribution in [1.82, 2.24) is 0 Å². The maximum Gasteiger partial charge on any atom is 0.305 e. The molecule has 0 aromatic heterocycles. The van der Waals surface area contributed by atoms with Gasteiger partial charge >= 0.3 is 5.97 Å².